The van der Waals surface area contributed by atoms with Crippen LogP contribution in [0.2, 0.25) is 0 Å². The Kier molecular flexibility index (Phi) is 9.43. The minimum Gasteiger partial charge on any atom is -0.756 e. The Morgan fingerprint density at radius 2 is 1.85 bits per heavy atom. The molecular formula is C20H34NO5P. The predicted octanol–water partition coefficient (Wildman–Crippen LogP) is 1.85. The number of nitrogens with two attached hydrogens (primary N) is 1. The highest BCUT2D eigenvalue weighted by atomic mass is 31.2. The SMILES string of the molecule is CCCCCCCCc1ccc([C@@H]2C[C@@H](CO)[NH2+][C@H]2COP(=O)([O-])O)cc1. The molecule has 0 saturated carbocycles. The Hall–Kier alpha value is -0.750. The van der Waals surface area contributed by atoms with E-state index in [0.717, 1.165) is 18.4 Å². The number of quaternary nitrogens is 1. The number of phosphoric acid groups is 1. The molecular weight excluding hydrogens is 365 g/mol. The average molecular weight is 399 g/mol. The van der Waals surface area contributed by atoms with E-state index in [0.29, 0.717) is 0 Å². The monoisotopic (exact) mass is 399 g/mol. The summed E-state index contributed by atoms with van der Waals surface area (Å²) in [5.41, 5.74) is 2.45. The van der Waals surface area contributed by atoms with E-state index in [1.54, 1.807) is 0 Å². The Balaban J connectivity index is 1.88. The summed E-state index contributed by atoms with van der Waals surface area (Å²) in [6.07, 6.45) is 9.55. The second kappa shape index (κ2) is 11.3. The number of aryl methyl sites for hydroxylation is 1. The smallest absolute Gasteiger partial charge is 0.265 e. The molecule has 7 heteroatoms. The maximum Gasteiger partial charge on any atom is 0.265 e. The van der Waals surface area contributed by atoms with Crippen LogP contribution in [0.1, 0.15) is 68.9 Å². The third kappa shape index (κ3) is 8.02. The van der Waals surface area contributed by atoms with Gasteiger partial charge in [-0.1, -0.05) is 63.3 Å². The van der Waals surface area contributed by atoms with Gasteiger partial charge in [-0.15, -0.1) is 0 Å². The van der Waals surface area contributed by atoms with Crippen LogP contribution in [0.5, 0.6) is 0 Å². The molecule has 0 radical (unpaired) electrons. The standard InChI is InChI=1S/C20H34NO5P/c1-2-3-4-5-6-7-8-16-9-11-17(12-10-16)19-13-18(14-22)21-20(19)15-26-27(23,24)25/h9-12,18-22H,2-8,13-15H2,1H3,(H2,23,24,25)/t18-,19-,20-/m0/s1. The first-order chi connectivity index (χ1) is 12.9. The predicted molar refractivity (Wildman–Crippen MR) is 103 cm³/mol. The van der Waals surface area contributed by atoms with Crippen molar-refractivity contribution in [3.05, 3.63) is 35.4 Å². The van der Waals surface area contributed by atoms with Crippen molar-refractivity contribution in [3.63, 3.8) is 0 Å². The van der Waals surface area contributed by atoms with Crippen molar-refractivity contribution < 1.29 is 29.3 Å². The van der Waals surface area contributed by atoms with Crippen LogP contribution in [0.25, 0.3) is 0 Å². The van der Waals surface area contributed by atoms with E-state index >= 15 is 0 Å². The second-order valence-corrected chi connectivity index (χ2v) is 8.86. The van der Waals surface area contributed by atoms with Gasteiger partial charge in [0.2, 0.25) is 0 Å². The Labute approximate surface area is 162 Å². The van der Waals surface area contributed by atoms with Gasteiger partial charge in [-0.05, 0) is 24.0 Å². The summed E-state index contributed by atoms with van der Waals surface area (Å²) in [5, 5.41) is 11.4. The number of hydrogen-bond donors (Lipinski definition) is 3. The molecule has 1 saturated heterocycles. The van der Waals surface area contributed by atoms with Gasteiger partial charge in [0, 0.05) is 12.3 Å². The van der Waals surface area contributed by atoms with Crippen molar-refractivity contribution in [2.45, 2.75) is 76.3 Å². The highest BCUT2D eigenvalue weighted by molar-refractivity contribution is 7.44. The van der Waals surface area contributed by atoms with E-state index in [4.69, 9.17) is 4.89 Å². The summed E-state index contributed by atoms with van der Waals surface area (Å²) >= 11 is 0. The molecule has 6 nitrogen and oxygen atoms in total. The van der Waals surface area contributed by atoms with Crippen LogP contribution in [0.15, 0.2) is 24.3 Å². The zero-order valence-electron chi connectivity index (χ0n) is 16.3. The molecule has 1 aliphatic rings. The van der Waals surface area contributed by atoms with Gasteiger partial charge in [-0.25, -0.2) is 0 Å². The van der Waals surface area contributed by atoms with Crippen molar-refractivity contribution in [1.82, 2.24) is 0 Å². The van der Waals surface area contributed by atoms with Gasteiger partial charge in [-0.3, -0.25) is 4.57 Å². The van der Waals surface area contributed by atoms with Gasteiger partial charge >= 0.3 is 0 Å². The topological polar surface area (TPSA) is 106 Å². The largest absolute Gasteiger partial charge is 0.756 e. The van der Waals surface area contributed by atoms with Gasteiger partial charge < -0.3 is 24.7 Å². The molecule has 2 rings (SSSR count). The lowest BCUT2D eigenvalue weighted by atomic mass is 9.90. The summed E-state index contributed by atoms with van der Waals surface area (Å²) in [6.45, 7) is 2.18. The Bertz CT molecular complexity index is 589. The van der Waals surface area contributed by atoms with Crippen LogP contribution in [0.4, 0.5) is 0 Å². The molecule has 1 unspecified atom stereocenters. The number of benzene rings is 1. The van der Waals surface area contributed by atoms with E-state index < -0.39 is 7.82 Å². The van der Waals surface area contributed by atoms with Crippen LogP contribution in [0, 0.1) is 0 Å². The summed E-state index contributed by atoms with van der Waals surface area (Å²) in [7, 11) is -4.73. The Morgan fingerprint density at radius 3 is 2.48 bits per heavy atom. The maximum absolute atomic E-state index is 10.9. The lowest BCUT2D eigenvalue weighted by molar-refractivity contribution is -0.704. The molecule has 154 valence electrons. The van der Waals surface area contributed by atoms with E-state index in [9.17, 15) is 14.6 Å². The van der Waals surface area contributed by atoms with Crippen molar-refractivity contribution in [3.8, 4) is 0 Å². The molecule has 1 heterocycles. The summed E-state index contributed by atoms with van der Waals surface area (Å²) < 4.78 is 15.5. The molecule has 1 aromatic carbocycles. The van der Waals surface area contributed by atoms with E-state index in [-0.39, 0.29) is 31.2 Å². The lowest BCUT2D eigenvalue weighted by Crippen LogP contribution is -2.93. The summed E-state index contributed by atoms with van der Waals surface area (Å²) in [5.74, 6) is 0.0943. The van der Waals surface area contributed by atoms with E-state index in [1.807, 2.05) is 5.32 Å². The van der Waals surface area contributed by atoms with Gasteiger partial charge in [0.25, 0.3) is 7.82 Å². The minimum atomic E-state index is -4.73. The first kappa shape index (κ1) is 22.5. The number of hydrogen-bond acceptors (Lipinski definition) is 4. The van der Waals surface area contributed by atoms with Crippen molar-refractivity contribution in [2.24, 2.45) is 0 Å². The van der Waals surface area contributed by atoms with E-state index in [1.165, 1.54) is 44.1 Å². The molecule has 1 aliphatic heterocycles. The minimum absolute atomic E-state index is 0.0242. The first-order valence-electron chi connectivity index (χ1n) is 10.2. The van der Waals surface area contributed by atoms with Gasteiger partial charge in [-0.2, -0.15) is 0 Å². The normalized spacial score (nSPS) is 24.8. The fourth-order valence-corrected chi connectivity index (χ4v) is 4.34. The third-order valence-corrected chi connectivity index (χ3v) is 5.96. The molecule has 0 spiro atoms. The van der Waals surface area contributed by atoms with Crippen molar-refractivity contribution >= 4 is 7.82 Å². The maximum atomic E-state index is 10.9. The fourth-order valence-electron chi connectivity index (χ4n) is 3.97. The van der Waals surface area contributed by atoms with Gasteiger partial charge in [0.05, 0.1) is 6.61 Å². The number of aliphatic hydroxyl groups excluding tert-OH is 1. The number of aliphatic hydroxyl groups is 1. The van der Waals surface area contributed by atoms with Crippen LogP contribution in [0.3, 0.4) is 0 Å². The van der Waals surface area contributed by atoms with Gasteiger partial charge in [0.15, 0.2) is 0 Å². The lowest BCUT2D eigenvalue weighted by Gasteiger charge is -2.21. The van der Waals surface area contributed by atoms with Crippen molar-refractivity contribution in [1.29, 1.82) is 0 Å². The average Bonchev–Trinajstić information content (AvgIpc) is 3.06. The first-order valence-corrected chi connectivity index (χ1v) is 11.7. The molecule has 0 aliphatic carbocycles. The van der Waals surface area contributed by atoms with Gasteiger partial charge in [0.1, 0.15) is 18.7 Å². The zero-order valence-corrected chi connectivity index (χ0v) is 17.2. The molecule has 1 fully saturated rings. The third-order valence-electron chi connectivity index (χ3n) is 5.48. The molecule has 1 aromatic rings. The highest BCUT2D eigenvalue weighted by Crippen LogP contribution is 2.33. The van der Waals surface area contributed by atoms with Crippen LogP contribution in [-0.2, 0) is 15.5 Å². The molecule has 0 aromatic heterocycles. The number of rotatable bonds is 12. The molecule has 0 bridgehead atoms. The molecule has 27 heavy (non-hydrogen) atoms. The summed E-state index contributed by atoms with van der Waals surface area (Å²) in [4.78, 5) is 19.8. The highest BCUT2D eigenvalue weighted by Gasteiger charge is 2.39. The molecule has 4 atom stereocenters. The molecule has 4 N–H and O–H groups in total. The van der Waals surface area contributed by atoms with Crippen LogP contribution >= 0.6 is 7.82 Å². The van der Waals surface area contributed by atoms with Crippen LogP contribution in [-0.4, -0.2) is 35.3 Å². The fraction of sp³-hybridized carbons (Fsp3) is 0.700. The Morgan fingerprint density at radius 1 is 1.19 bits per heavy atom. The van der Waals surface area contributed by atoms with Crippen LogP contribution < -0.4 is 10.2 Å². The number of unbranched alkanes of at least 4 members (excludes halogenated alkanes) is 5. The zero-order chi connectivity index (χ0) is 19.7. The van der Waals surface area contributed by atoms with Crippen molar-refractivity contribution in [2.75, 3.05) is 13.2 Å². The second-order valence-electron chi connectivity index (χ2n) is 7.66. The quantitative estimate of drug-likeness (QED) is 0.367. The van der Waals surface area contributed by atoms with E-state index in [2.05, 4.69) is 35.7 Å². The number of phosphoric ester groups is 1. The molecule has 0 amide bonds. The summed E-state index contributed by atoms with van der Waals surface area (Å²) in [6, 6.07) is 8.39.